The van der Waals surface area contributed by atoms with Crippen molar-refractivity contribution in [3.8, 4) is 5.88 Å². The van der Waals surface area contributed by atoms with Crippen molar-refractivity contribution in [2.75, 3.05) is 0 Å². The second kappa shape index (κ2) is 4.39. The average Bonchev–Trinajstić information content (AvgIpc) is 3.01. The smallest absolute Gasteiger partial charge is 0.393 e. The number of rotatable bonds is 4. The van der Waals surface area contributed by atoms with Gasteiger partial charge >= 0.3 is 11.7 Å². The number of thiophene rings is 1. The molecular formula is C10H7N3O3S2. The molecule has 0 spiro atoms. The molecule has 18 heavy (non-hydrogen) atoms. The summed E-state index contributed by atoms with van der Waals surface area (Å²) in [6.45, 7) is 0.295. The molecule has 0 bridgehead atoms. The van der Waals surface area contributed by atoms with Crippen LogP contribution in [0.1, 0.15) is 4.88 Å². The van der Waals surface area contributed by atoms with E-state index in [0.29, 0.717) is 11.6 Å². The van der Waals surface area contributed by atoms with Gasteiger partial charge in [-0.3, -0.25) is 0 Å². The lowest BCUT2D eigenvalue weighted by Crippen LogP contribution is -1.98. The first-order chi connectivity index (χ1) is 8.75. The molecule has 3 aromatic rings. The van der Waals surface area contributed by atoms with Gasteiger partial charge in [0, 0.05) is 10.3 Å². The molecule has 6 nitrogen and oxygen atoms in total. The normalized spacial score (nSPS) is 10.9. The first-order valence-electron chi connectivity index (χ1n) is 5.01. The van der Waals surface area contributed by atoms with Crippen LogP contribution in [0.4, 0.5) is 5.82 Å². The van der Waals surface area contributed by atoms with Crippen LogP contribution in [0, 0.1) is 10.1 Å². The van der Waals surface area contributed by atoms with Crippen LogP contribution in [-0.4, -0.2) is 14.3 Å². The van der Waals surface area contributed by atoms with E-state index in [4.69, 9.17) is 4.74 Å². The molecule has 0 fully saturated rings. The highest BCUT2D eigenvalue weighted by Crippen LogP contribution is 2.30. The number of hydrogen-bond donors (Lipinski definition) is 0. The minimum Gasteiger partial charge on any atom is -0.466 e. The van der Waals surface area contributed by atoms with Crippen molar-refractivity contribution in [3.05, 3.63) is 44.1 Å². The summed E-state index contributed by atoms with van der Waals surface area (Å²) >= 11 is 2.87. The highest BCUT2D eigenvalue weighted by atomic mass is 32.1. The van der Waals surface area contributed by atoms with Crippen molar-refractivity contribution in [2.45, 2.75) is 6.61 Å². The second-order valence-corrected chi connectivity index (χ2v) is 5.33. The number of nitrogens with zero attached hydrogens (tertiary/aromatic N) is 3. The van der Waals surface area contributed by atoms with Crippen molar-refractivity contribution in [1.82, 2.24) is 9.38 Å². The first kappa shape index (κ1) is 11.2. The number of imidazole rings is 1. The summed E-state index contributed by atoms with van der Waals surface area (Å²) < 4.78 is 6.85. The fourth-order valence-electron chi connectivity index (χ4n) is 1.55. The highest BCUT2D eigenvalue weighted by molar-refractivity contribution is 7.15. The Balaban J connectivity index is 1.93. The van der Waals surface area contributed by atoms with E-state index in [1.54, 1.807) is 11.6 Å². The van der Waals surface area contributed by atoms with Gasteiger partial charge in [0.25, 0.3) is 4.96 Å². The maximum Gasteiger partial charge on any atom is 0.393 e. The molecule has 0 amide bonds. The molecule has 92 valence electrons. The third-order valence-corrected chi connectivity index (χ3v) is 3.92. The van der Waals surface area contributed by atoms with E-state index in [9.17, 15) is 10.1 Å². The van der Waals surface area contributed by atoms with Crippen LogP contribution in [0.15, 0.2) is 29.1 Å². The predicted octanol–water partition coefficient (Wildman–Crippen LogP) is 2.94. The zero-order valence-electron chi connectivity index (χ0n) is 8.98. The number of thiazole rings is 1. The lowest BCUT2D eigenvalue weighted by atomic mass is 10.5. The van der Waals surface area contributed by atoms with Gasteiger partial charge < -0.3 is 14.9 Å². The van der Waals surface area contributed by atoms with E-state index in [0.717, 1.165) is 4.88 Å². The monoisotopic (exact) mass is 281 g/mol. The summed E-state index contributed by atoms with van der Waals surface area (Å²) in [4.78, 5) is 16.2. The van der Waals surface area contributed by atoms with Crippen molar-refractivity contribution >= 4 is 33.5 Å². The summed E-state index contributed by atoms with van der Waals surface area (Å²) in [6.07, 6.45) is 1.61. The molecule has 0 aliphatic rings. The summed E-state index contributed by atoms with van der Waals surface area (Å²) in [7, 11) is 0. The van der Waals surface area contributed by atoms with Crippen LogP contribution in [0.3, 0.4) is 0 Å². The molecule has 0 atom stereocenters. The SMILES string of the molecule is O=[N+]([O-])c1c(OCc2cccs2)nc2sccn12. The topological polar surface area (TPSA) is 69.7 Å². The van der Waals surface area contributed by atoms with E-state index in [1.807, 2.05) is 17.5 Å². The Labute approximate surface area is 109 Å². The Hall–Kier alpha value is -1.93. The molecule has 3 rings (SSSR count). The number of ether oxygens (including phenoxy) is 1. The largest absolute Gasteiger partial charge is 0.466 e. The quantitative estimate of drug-likeness (QED) is 0.544. The van der Waals surface area contributed by atoms with Gasteiger partial charge in [-0.05, 0) is 16.4 Å². The maximum absolute atomic E-state index is 11.0. The van der Waals surface area contributed by atoms with Crippen LogP contribution in [0.5, 0.6) is 5.88 Å². The van der Waals surface area contributed by atoms with Crippen molar-refractivity contribution in [1.29, 1.82) is 0 Å². The molecule has 3 aromatic heterocycles. The molecule has 0 aliphatic heterocycles. The van der Waals surface area contributed by atoms with Gasteiger partial charge in [0.05, 0.1) is 0 Å². The molecule has 0 radical (unpaired) electrons. The van der Waals surface area contributed by atoms with Gasteiger partial charge in [-0.2, -0.15) is 9.38 Å². The van der Waals surface area contributed by atoms with E-state index in [-0.39, 0.29) is 11.7 Å². The van der Waals surface area contributed by atoms with Crippen molar-refractivity contribution in [2.24, 2.45) is 0 Å². The van der Waals surface area contributed by atoms with Crippen LogP contribution in [0.25, 0.3) is 4.96 Å². The lowest BCUT2D eigenvalue weighted by molar-refractivity contribution is -0.391. The Morgan fingerprint density at radius 3 is 3.06 bits per heavy atom. The Bertz CT molecular complexity index is 686. The van der Waals surface area contributed by atoms with Gasteiger partial charge in [0.2, 0.25) is 0 Å². The first-order valence-corrected chi connectivity index (χ1v) is 6.77. The van der Waals surface area contributed by atoms with E-state index in [2.05, 4.69) is 4.98 Å². The molecule has 0 N–H and O–H groups in total. The molecule has 8 heteroatoms. The second-order valence-electron chi connectivity index (χ2n) is 3.42. The van der Waals surface area contributed by atoms with Crippen LogP contribution < -0.4 is 4.74 Å². The molecule has 0 aromatic carbocycles. The summed E-state index contributed by atoms with van der Waals surface area (Å²) in [6, 6.07) is 3.82. The van der Waals surface area contributed by atoms with Crippen molar-refractivity contribution < 1.29 is 9.66 Å². The lowest BCUT2D eigenvalue weighted by Gasteiger charge is -2.00. The number of aromatic nitrogens is 2. The van der Waals surface area contributed by atoms with Crippen LogP contribution in [0.2, 0.25) is 0 Å². The minimum atomic E-state index is -0.476. The van der Waals surface area contributed by atoms with Crippen LogP contribution in [-0.2, 0) is 6.61 Å². The number of fused-ring (bicyclic) bond motifs is 1. The minimum absolute atomic E-state index is 0.0697. The van der Waals surface area contributed by atoms with Gasteiger partial charge in [0.15, 0.2) is 0 Å². The fraction of sp³-hybridized carbons (Fsp3) is 0.100. The third-order valence-electron chi connectivity index (χ3n) is 2.31. The Kier molecular flexibility index (Phi) is 2.73. The van der Waals surface area contributed by atoms with E-state index < -0.39 is 4.92 Å². The van der Waals surface area contributed by atoms with Crippen LogP contribution >= 0.6 is 22.7 Å². The van der Waals surface area contributed by atoms with Gasteiger partial charge in [-0.1, -0.05) is 17.4 Å². The molecule has 0 aliphatic carbocycles. The summed E-state index contributed by atoms with van der Waals surface area (Å²) in [5.74, 6) is -0.0527. The van der Waals surface area contributed by atoms with Gasteiger partial charge in [-0.15, -0.1) is 11.3 Å². The number of nitro groups is 1. The molecular weight excluding hydrogens is 274 g/mol. The Morgan fingerprint density at radius 2 is 2.33 bits per heavy atom. The van der Waals surface area contributed by atoms with Crippen molar-refractivity contribution in [3.63, 3.8) is 0 Å². The van der Waals surface area contributed by atoms with Gasteiger partial charge in [-0.25, -0.2) is 0 Å². The standard InChI is InChI=1S/C10H7N3O3S2/c14-13(15)9-8(11-10-12(9)3-5-18-10)16-6-7-2-1-4-17-7/h1-5H,6H2. The van der Waals surface area contributed by atoms with E-state index in [1.165, 1.54) is 27.1 Å². The molecule has 0 unspecified atom stereocenters. The summed E-state index contributed by atoms with van der Waals surface area (Å²) in [5.41, 5.74) is 0. The molecule has 0 saturated carbocycles. The fourth-order valence-corrected chi connectivity index (χ4v) is 2.87. The summed E-state index contributed by atoms with van der Waals surface area (Å²) in [5, 5.41) is 14.7. The predicted molar refractivity (Wildman–Crippen MR) is 68.4 cm³/mol. The molecule has 3 heterocycles. The molecule has 0 saturated heterocycles. The van der Waals surface area contributed by atoms with Gasteiger partial charge in [0.1, 0.15) is 12.8 Å². The zero-order valence-corrected chi connectivity index (χ0v) is 10.6. The zero-order chi connectivity index (χ0) is 12.5. The third kappa shape index (κ3) is 1.85. The maximum atomic E-state index is 11.0. The average molecular weight is 281 g/mol. The van der Waals surface area contributed by atoms with E-state index >= 15 is 0 Å². The number of hydrogen-bond acceptors (Lipinski definition) is 6. The highest BCUT2D eigenvalue weighted by Gasteiger charge is 2.25. The Morgan fingerprint density at radius 1 is 1.44 bits per heavy atom.